The van der Waals surface area contributed by atoms with Gasteiger partial charge in [-0.25, -0.2) is 8.42 Å². The van der Waals surface area contributed by atoms with Crippen molar-refractivity contribution in [1.29, 1.82) is 0 Å². The Hall–Kier alpha value is -2.13. The molecule has 1 heterocycles. The number of rotatable bonds is 8. The summed E-state index contributed by atoms with van der Waals surface area (Å²) in [5.41, 5.74) is -0.815. The molecular weight excluding hydrogens is 442 g/mol. The van der Waals surface area contributed by atoms with Crippen LogP contribution in [0.4, 0.5) is 5.69 Å². The summed E-state index contributed by atoms with van der Waals surface area (Å²) in [7, 11) is -3.64. The van der Waals surface area contributed by atoms with Crippen LogP contribution in [0.25, 0.3) is 0 Å². The van der Waals surface area contributed by atoms with Crippen molar-refractivity contribution in [2.45, 2.75) is 77.3 Å². The summed E-state index contributed by atoms with van der Waals surface area (Å²) in [6.45, 7) is 5.51. The van der Waals surface area contributed by atoms with Crippen molar-refractivity contribution >= 4 is 27.5 Å². The highest BCUT2D eigenvalue weighted by Crippen LogP contribution is 2.32. The summed E-state index contributed by atoms with van der Waals surface area (Å²) in [4.78, 5) is 28.5. The Morgan fingerprint density at radius 1 is 1.12 bits per heavy atom. The van der Waals surface area contributed by atoms with Crippen LogP contribution in [0.1, 0.15) is 65.7 Å². The molecule has 1 saturated carbocycles. The lowest BCUT2D eigenvalue weighted by Gasteiger charge is -2.47. The summed E-state index contributed by atoms with van der Waals surface area (Å²) in [5.74, 6) is -0.108. The lowest BCUT2D eigenvalue weighted by molar-refractivity contribution is -0.133. The van der Waals surface area contributed by atoms with E-state index < -0.39 is 21.5 Å². The second kappa shape index (κ2) is 10.9. The number of nitrogens with zero attached hydrogens (tertiary/aromatic N) is 2. The molecule has 1 aromatic rings. The van der Waals surface area contributed by atoms with Crippen LogP contribution in [0.5, 0.6) is 5.75 Å². The van der Waals surface area contributed by atoms with Gasteiger partial charge in [0.05, 0.1) is 18.9 Å². The van der Waals surface area contributed by atoms with Crippen LogP contribution < -0.4 is 15.0 Å². The molecular formula is C24H37N3O5S. The predicted octanol–water partition coefficient (Wildman–Crippen LogP) is 3.07. The topological polar surface area (TPSA) is 96.0 Å². The summed E-state index contributed by atoms with van der Waals surface area (Å²) in [6, 6.07) is 7.05. The third-order valence-corrected chi connectivity index (χ3v) is 8.45. The van der Waals surface area contributed by atoms with Crippen molar-refractivity contribution < 1.29 is 22.7 Å². The van der Waals surface area contributed by atoms with Crippen molar-refractivity contribution in [3.63, 3.8) is 0 Å². The molecule has 0 spiro atoms. The number of piperazine rings is 1. The molecule has 1 aliphatic carbocycles. The number of sulfonamides is 1. The fourth-order valence-corrected chi connectivity index (χ4v) is 6.30. The van der Waals surface area contributed by atoms with Gasteiger partial charge in [0, 0.05) is 18.3 Å². The Kier molecular flexibility index (Phi) is 8.39. The van der Waals surface area contributed by atoms with Crippen LogP contribution in [0.15, 0.2) is 24.3 Å². The fourth-order valence-electron chi connectivity index (χ4n) is 4.78. The SMILES string of the molecule is CCCS(=O)(=O)N1CC(=O)N(c2ccc(OCC)cc2)[C@@](C)(C(=O)NC2CCCCCC2)C1. The van der Waals surface area contributed by atoms with E-state index in [1.807, 2.05) is 6.92 Å². The third-order valence-electron chi connectivity index (χ3n) is 6.48. The molecule has 2 fully saturated rings. The van der Waals surface area contributed by atoms with Gasteiger partial charge in [-0.2, -0.15) is 4.31 Å². The Bertz CT molecular complexity index is 926. The zero-order valence-corrected chi connectivity index (χ0v) is 20.8. The quantitative estimate of drug-likeness (QED) is 0.578. The number of hydrogen-bond donors (Lipinski definition) is 1. The van der Waals surface area contributed by atoms with E-state index in [0.29, 0.717) is 24.5 Å². The molecule has 184 valence electrons. The van der Waals surface area contributed by atoms with Crippen molar-refractivity contribution in [2.75, 3.05) is 30.3 Å². The first-order valence-corrected chi connectivity index (χ1v) is 13.7. The van der Waals surface area contributed by atoms with E-state index in [0.717, 1.165) is 38.5 Å². The molecule has 1 saturated heterocycles. The molecule has 0 bridgehead atoms. The average Bonchev–Trinajstić information content (AvgIpc) is 3.03. The van der Waals surface area contributed by atoms with Crippen LogP contribution in [-0.2, 0) is 19.6 Å². The van der Waals surface area contributed by atoms with Gasteiger partial charge in [0.15, 0.2) is 0 Å². The van der Waals surface area contributed by atoms with Crippen molar-refractivity contribution in [1.82, 2.24) is 9.62 Å². The van der Waals surface area contributed by atoms with Crippen molar-refractivity contribution in [2.24, 2.45) is 0 Å². The molecule has 1 aromatic carbocycles. The second-order valence-electron chi connectivity index (χ2n) is 9.18. The Balaban J connectivity index is 1.95. The molecule has 2 aliphatic rings. The number of nitrogens with one attached hydrogen (secondary N) is 1. The van der Waals surface area contributed by atoms with E-state index >= 15 is 0 Å². The number of anilines is 1. The maximum absolute atomic E-state index is 13.7. The van der Waals surface area contributed by atoms with Gasteiger partial charge in [-0.15, -0.1) is 0 Å². The monoisotopic (exact) mass is 479 g/mol. The molecule has 33 heavy (non-hydrogen) atoms. The van der Waals surface area contributed by atoms with Crippen LogP contribution >= 0.6 is 0 Å². The highest BCUT2D eigenvalue weighted by atomic mass is 32.2. The van der Waals surface area contributed by atoms with Crippen LogP contribution in [-0.4, -0.2) is 61.6 Å². The molecule has 1 atom stereocenters. The summed E-state index contributed by atoms with van der Waals surface area (Å²) < 4.78 is 32.4. The second-order valence-corrected chi connectivity index (χ2v) is 11.3. The third kappa shape index (κ3) is 5.87. The van der Waals surface area contributed by atoms with Crippen molar-refractivity contribution in [3.8, 4) is 5.75 Å². The highest BCUT2D eigenvalue weighted by Gasteiger charge is 2.51. The maximum Gasteiger partial charge on any atom is 0.247 e. The Morgan fingerprint density at radius 2 is 1.76 bits per heavy atom. The van der Waals surface area contributed by atoms with Gasteiger partial charge in [0.1, 0.15) is 11.3 Å². The number of carbonyl (C=O) groups is 2. The van der Waals surface area contributed by atoms with Crippen LogP contribution in [0.3, 0.4) is 0 Å². The molecule has 0 aromatic heterocycles. The van der Waals surface area contributed by atoms with Gasteiger partial charge in [-0.3, -0.25) is 14.5 Å². The largest absolute Gasteiger partial charge is 0.494 e. The van der Waals surface area contributed by atoms with Gasteiger partial charge in [-0.05, 0) is 57.4 Å². The van der Waals surface area contributed by atoms with Gasteiger partial charge in [0.25, 0.3) is 0 Å². The predicted molar refractivity (Wildman–Crippen MR) is 129 cm³/mol. The number of carbonyl (C=O) groups excluding carboxylic acids is 2. The molecule has 3 rings (SSSR count). The first kappa shape index (κ1) is 25.5. The number of ether oxygens (including phenoxy) is 1. The molecule has 1 aliphatic heterocycles. The Labute approximate surface area is 197 Å². The minimum atomic E-state index is -3.64. The van der Waals surface area contributed by atoms with Gasteiger partial charge < -0.3 is 10.1 Å². The lowest BCUT2D eigenvalue weighted by Crippen LogP contribution is -2.71. The van der Waals surface area contributed by atoms with Crippen LogP contribution in [0, 0.1) is 0 Å². The maximum atomic E-state index is 13.7. The first-order chi connectivity index (χ1) is 15.7. The molecule has 9 heteroatoms. The lowest BCUT2D eigenvalue weighted by atomic mass is 9.93. The molecule has 0 radical (unpaired) electrons. The van der Waals surface area contributed by atoms with E-state index in [9.17, 15) is 18.0 Å². The highest BCUT2D eigenvalue weighted by molar-refractivity contribution is 7.89. The molecule has 1 N–H and O–H groups in total. The molecule has 8 nitrogen and oxygen atoms in total. The zero-order valence-electron chi connectivity index (χ0n) is 20.0. The number of benzene rings is 1. The zero-order chi connectivity index (χ0) is 24.1. The summed E-state index contributed by atoms with van der Waals surface area (Å²) in [5, 5.41) is 3.15. The van der Waals surface area contributed by atoms with E-state index in [1.165, 1.54) is 9.21 Å². The molecule has 0 unspecified atom stereocenters. The number of hydrogen-bond acceptors (Lipinski definition) is 5. The smallest absolute Gasteiger partial charge is 0.247 e. The Morgan fingerprint density at radius 3 is 2.33 bits per heavy atom. The van der Waals surface area contributed by atoms with E-state index in [-0.39, 0.29) is 30.8 Å². The van der Waals surface area contributed by atoms with E-state index in [4.69, 9.17) is 4.74 Å². The van der Waals surface area contributed by atoms with Gasteiger partial charge >= 0.3 is 0 Å². The molecule has 2 amide bonds. The minimum absolute atomic E-state index is 0.0386. The van der Waals surface area contributed by atoms with E-state index in [1.54, 1.807) is 38.1 Å². The van der Waals surface area contributed by atoms with Gasteiger partial charge in [0.2, 0.25) is 21.8 Å². The number of amides is 2. The standard InChI is InChI=1S/C24H37N3O5S/c1-4-16-33(30,31)26-17-22(28)27(20-12-14-21(15-13-20)32-5-2)24(3,18-26)23(29)25-19-10-8-6-7-9-11-19/h12-15,19H,4-11,16-18H2,1-3H3,(H,25,29)/t24-/m1/s1. The van der Waals surface area contributed by atoms with Crippen LogP contribution in [0.2, 0.25) is 0 Å². The first-order valence-electron chi connectivity index (χ1n) is 12.1. The van der Waals surface area contributed by atoms with Gasteiger partial charge in [-0.1, -0.05) is 32.6 Å². The summed E-state index contributed by atoms with van der Waals surface area (Å²) >= 11 is 0. The summed E-state index contributed by atoms with van der Waals surface area (Å²) in [6.07, 6.45) is 6.67. The normalized spacial score (nSPS) is 23.2. The fraction of sp³-hybridized carbons (Fsp3) is 0.667. The van der Waals surface area contributed by atoms with E-state index in [2.05, 4.69) is 5.32 Å². The van der Waals surface area contributed by atoms with Crippen molar-refractivity contribution in [3.05, 3.63) is 24.3 Å². The minimum Gasteiger partial charge on any atom is -0.494 e. The average molecular weight is 480 g/mol.